The van der Waals surface area contributed by atoms with Gasteiger partial charge in [-0.25, -0.2) is 4.57 Å². The Morgan fingerprint density at radius 1 is 0.917 bits per heavy atom. The maximum absolute atomic E-state index is 9.56. The van der Waals surface area contributed by atoms with Crippen molar-refractivity contribution in [3.63, 3.8) is 0 Å². The van der Waals surface area contributed by atoms with Gasteiger partial charge in [-0.15, -0.1) is 0 Å². The molecule has 0 aliphatic rings. The van der Waals surface area contributed by atoms with E-state index in [1.165, 1.54) is 0 Å². The Labute approximate surface area is 146 Å². The largest absolute Gasteiger partial charge is 1.00 e. The molecule has 4 rings (SSSR count). The van der Waals surface area contributed by atoms with E-state index in [0.29, 0.717) is 5.56 Å². The number of ether oxygens (including phenoxy) is 1. The van der Waals surface area contributed by atoms with Crippen LogP contribution in [0.3, 0.4) is 0 Å². The second kappa shape index (κ2) is 5.99. The van der Waals surface area contributed by atoms with Gasteiger partial charge in [-0.05, 0) is 30.3 Å². The molecule has 0 aliphatic carbocycles. The van der Waals surface area contributed by atoms with Gasteiger partial charge in [-0.3, -0.25) is 0 Å². The minimum atomic E-state index is 0. The molecule has 3 aromatic carbocycles. The Morgan fingerprint density at radius 3 is 2.42 bits per heavy atom. The van der Waals surface area contributed by atoms with Crippen molar-refractivity contribution in [2.45, 2.75) is 0 Å². The summed E-state index contributed by atoms with van der Waals surface area (Å²) in [5.41, 5.74) is 1.83. The second-order valence-electron chi connectivity index (χ2n) is 5.67. The van der Waals surface area contributed by atoms with E-state index in [4.69, 9.17) is 4.74 Å². The zero-order valence-electron chi connectivity index (χ0n) is 13.4. The maximum atomic E-state index is 9.56. The van der Waals surface area contributed by atoms with E-state index in [9.17, 15) is 5.26 Å². The summed E-state index contributed by atoms with van der Waals surface area (Å²) in [6, 6.07) is 18.4. The highest BCUT2D eigenvalue weighted by Crippen LogP contribution is 2.33. The van der Waals surface area contributed by atoms with Gasteiger partial charge in [0.1, 0.15) is 12.8 Å². The van der Waals surface area contributed by atoms with Gasteiger partial charge in [0.15, 0.2) is 6.20 Å². The molecule has 0 spiro atoms. The van der Waals surface area contributed by atoms with Gasteiger partial charge in [-0.1, -0.05) is 12.1 Å². The average molecular weight is 335 g/mol. The number of fused-ring (bicyclic) bond motifs is 5. The third-order valence-electron chi connectivity index (χ3n) is 4.40. The van der Waals surface area contributed by atoms with Crippen molar-refractivity contribution >= 4 is 32.4 Å². The molecular weight excluding hydrogens is 320 g/mol. The summed E-state index contributed by atoms with van der Waals surface area (Å²) in [6.07, 6.45) is 2.13. The first-order chi connectivity index (χ1) is 11.2. The van der Waals surface area contributed by atoms with Gasteiger partial charge in [0, 0.05) is 22.2 Å². The van der Waals surface area contributed by atoms with Crippen molar-refractivity contribution in [2.75, 3.05) is 7.11 Å². The lowest BCUT2D eigenvalue weighted by Gasteiger charge is -2.09. The Hall–Kier alpha value is -2.83. The first-order valence-corrected chi connectivity index (χ1v) is 7.45. The van der Waals surface area contributed by atoms with Crippen LogP contribution in [0, 0.1) is 11.3 Å². The molecule has 0 amide bonds. The molecule has 0 unspecified atom stereocenters. The lowest BCUT2D eigenvalue weighted by atomic mass is 9.96. The number of methoxy groups -OCH3 is 1. The molecule has 4 aromatic rings. The van der Waals surface area contributed by atoms with E-state index >= 15 is 0 Å². The summed E-state index contributed by atoms with van der Waals surface area (Å²) in [6.45, 7) is 0. The highest BCUT2D eigenvalue weighted by Gasteiger charge is 2.15. The van der Waals surface area contributed by atoms with Crippen molar-refractivity contribution in [3.05, 3.63) is 60.3 Å². The Bertz CT molecular complexity index is 1130. The fourth-order valence-electron chi connectivity index (χ4n) is 3.28. The first-order valence-electron chi connectivity index (χ1n) is 7.45. The van der Waals surface area contributed by atoms with Crippen LogP contribution < -0.4 is 21.7 Å². The van der Waals surface area contributed by atoms with E-state index in [0.717, 1.165) is 38.2 Å². The standard InChI is InChI=1S/C20H15N2O.ClH/c1-22-12-19-17(16-5-3-4-6-20(16)22)9-13(11-21)15-8-7-14(23-2)10-18(15)19;/h3-10,12H,1-2H3;1H/q+1;/p-1. The van der Waals surface area contributed by atoms with Crippen LogP contribution in [0.15, 0.2) is 54.7 Å². The van der Waals surface area contributed by atoms with Crippen molar-refractivity contribution in [3.8, 4) is 11.8 Å². The van der Waals surface area contributed by atoms with Crippen LogP contribution in [0.4, 0.5) is 0 Å². The molecule has 0 N–H and O–H groups in total. The highest BCUT2D eigenvalue weighted by atomic mass is 35.5. The lowest BCUT2D eigenvalue weighted by Crippen LogP contribution is -3.00. The summed E-state index contributed by atoms with van der Waals surface area (Å²) < 4.78 is 7.50. The summed E-state index contributed by atoms with van der Waals surface area (Å²) >= 11 is 0. The van der Waals surface area contributed by atoms with Gasteiger partial charge in [0.25, 0.3) is 0 Å². The highest BCUT2D eigenvalue weighted by molar-refractivity contribution is 6.16. The van der Waals surface area contributed by atoms with Gasteiger partial charge in [0.2, 0.25) is 5.52 Å². The van der Waals surface area contributed by atoms with E-state index in [1.54, 1.807) is 7.11 Å². The molecular formula is C20H15ClN2O. The van der Waals surface area contributed by atoms with Crippen molar-refractivity contribution in [1.82, 2.24) is 0 Å². The summed E-state index contributed by atoms with van der Waals surface area (Å²) in [5.74, 6) is 0.796. The number of para-hydroxylation sites is 1. The van der Waals surface area contributed by atoms with E-state index < -0.39 is 0 Å². The minimum Gasteiger partial charge on any atom is -1.00 e. The van der Waals surface area contributed by atoms with Crippen molar-refractivity contribution in [1.29, 1.82) is 5.26 Å². The molecule has 1 heterocycles. The zero-order valence-corrected chi connectivity index (χ0v) is 14.1. The monoisotopic (exact) mass is 334 g/mol. The molecule has 1 aromatic heterocycles. The number of pyridine rings is 1. The Balaban J connectivity index is 0.00000169. The molecule has 24 heavy (non-hydrogen) atoms. The van der Waals surface area contributed by atoms with Crippen LogP contribution in [-0.2, 0) is 7.05 Å². The topological polar surface area (TPSA) is 36.9 Å². The molecule has 4 heteroatoms. The maximum Gasteiger partial charge on any atom is 0.212 e. The molecule has 0 aliphatic heterocycles. The number of aryl methyl sites for hydroxylation is 1. The van der Waals surface area contributed by atoms with Crippen LogP contribution in [0.1, 0.15) is 5.56 Å². The van der Waals surface area contributed by atoms with E-state index in [1.807, 2.05) is 43.4 Å². The number of nitrogens with zero attached hydrogens (tertiary/aromatic N) is 2. The third kappa shape index (κ3) is 2.24. The predicted molar refractivity (Wildman–Crippen MR) is 91.4 cm³/mol. The van der Waals surface area contributed by atoms with Crippen LogP contribution in [0.5, 0.6) is 5.75 Å². The smallest absolute Gasteiger partial charge is 0.212 e. The van der Waals surface area contributed by atoms with Crippen LogP contribution in [0.25, 0.3) is 32.4 Å². The molecule has 0 fully saturated rings. The normalized spacial score (nSPS) is 10.5. The molecule has 118 valence electrons. The number of rotatable bonds is 1. The van der Waals surface area contributed by atoms with Gasteiger partial charge in [0.05, 0.1) is 29.5 Å². The zero-order chi connectivity index (χ0) is 16.0. The van der Waals surface area contributed by atoms with Crippen molar-refractivity contribution in [2.24, 2.45) is 7.05 Å². The average Bonchev–Trinajstić information content (AvgIpc) is 2.61. The minimum absolute atomic E-state index is 0. The predicted octanol–water partition coefficient (Wildman–Crippen LogP) is 0.855. The number of hydrogen-bond acceptors (Lipinski definition) is 2. The summed E-state index contributed by atoms with van der Waals surface area (Å²) in [5, 5.41) is 14.9. The second-order valence-corrected chi connectivity index (χ2v) is 5.67. The molecule has 3 nitrogen and oxygen atoms in total. The fourth-order valence-corrected chi connectivity index (χ4v) is 3.28. The molecule has 0 radical (unpaired) electrons. The first kappa shape index (κ1) is 16.0. The van der Waals surface area contributed by atoms with E-state index in [2.05, 4.69) is 29.0 Å². The number of nitriles is 1. The quantitative estimate of drug-likeness (QED) is 0.382. The van der Waals surface area contributed by atoms with Gasteiger partial charge < -0.3 is 17.1 Å². The van der Waals surface area contributed by atoms with Crippen LogP contribution in [-0.4, -0.2) is 7.11 Å². The number of halogens is 1. The van der Waals surface area contributed by atoms with E-state index in [-0.39, 0.29) is 12.4 Å². The fraction of sp³-hybridized carbons (Fsp3) is 0.100. The van der Waals surface area contributed by atoms with Gasteiger partial charge >= 0.3 is 0 Å². The SMILES string of the molecule is COc1ccc2c(C#N)cc3c(c[n+](C)c4ccccc34)c2c1.[Cl-]. The van der Waals surface area contributed by atoms with Crippen LogP contribution in [0.2, 0.25) is 0 Å². The molecule has 0 bridgehead atoms. The molecule has 0 saturated carbocycles. The Kier molecular flexibility index (Phi) is 4.01. The summed E-state index contributed by atoms with van der Waals surface area (Å²) in [7, 11) is 3.71. The number of aromatic nitrogens is 1. The summed E-state index contributed by atoms with van der Waals surface area (Å²) in [4.78, 5) is 0. The van der Waals surface area contributed by atoms with Crippen molar-refractivity contribution < 1.29 is 21.7 Å². The Morgan fingerprint density at radius 2 is 1.67 bits per heavy atom. The molecule has 0 saturated heterocycles. The number of benzene rings is 3. The van der Waals surface area contributed by atoms with Gasteiger partial charge in [-0.2, -0.15) is 5.26 Å². The third-order valence-corrected chi connectivity index (χ3v) is 4.40. The lowest BCUT2D eigenvalue weighted by molar-refractivity contribution is -0.643. The molecule has 0 atom stereocenters. The van der Waals surface area contributed by atoms with Crippen LogP contribution >= 0.6 is 0 Å². The number of hydrogen-bond donors (Lipinski definition) is 0.